The summed E-state index contributed by atoms with van der Waals surface area (Å²) in [5, 5.41) is 4.02. The molecule has 2 heteroatoms. The van der Waals surface area contributed by atoms with E-state index in [4.69, 9.17) is 4.74 Å². The van der Waals surface area contributed by atoms with Gasteiger partial charge in [-0.2, -0.15) is 0 Å². The zero-order chi connectivity index (χ0) is 15.4. The number of rotatable bonds is 4. The molecule has 0 aliphatic heterocycles. The van der Waals surface area contributed by atoms with E-state index >= 15 is 0 Å². The molecule has 3 aromatic rings. The van der Waals surface area contributed by atoms with Crippen LogP contribution in [-0.2, 0) is 0 Å². The van der Waals surface area contributed by atoms with Gasteiger partial charge < -0.3 is 4.74 Å². The highest BCUT2D eigenvalue weighted by Gasteiger charge is 2.42. The van der Waals surface area contributed by atoms with Crippen molar-refractivity contribution in [2.45, 2.75) is 0 Å². The summed E-state index contributed by atoms with van der Waals surface area (Å²) < 4.78 is 5.66. The molecule has 0 aromatic heterocycles. The molecule has 0 saturated heterocycles. The van der Waals surface area contributed by atoms with E-state index in [0.717, 1.165) is 5.75 Å². The van der Waals surface area contributed by atoms with Crippen LogP contribution in [0.15, 0.2) is 84.9 Å². The lowest BCUT2D eigenvalue weighted by molar-refractivity contribution is 0.418. The van der Waals surface area contributed by atoms with Crippen LogP contribution in [0.5, 0.6) is 5.75 Å². The van der Waals surface area contributed by atoms with Crippen LogP contribution in [0.4, 0.5) is 0 Å². The Morgan fingerprint density at radius 2 is 1.09 bits per heavy atom. The smallest absolute Gasteiger partial charge is 0.161 e. The van der Waals surface area contributed by atoms with Crippen molar-refractivity contribution in [3.05, 3.63) is 84.9 Å². The summed E-state index contributed by atoms with van der Waals surface area (Å²) in [6.45, 7) is 2.37. The quantitative estimate of drug-likeness (QED) is 0.669. The van der Waals surface area contributed by atoms with Crippen LogP contribution in [-0.4, -0.2) is 13.8 Å². The molecule has 3 rings (SSSR count). The third-order valence-electron chi connectivity index (χ3n) is 4.11. The van der Waals surface area contributed by atoms with Gasteiger partial charge in [0.1, 0.15) is 23.2 Å². The van der Waals surface area contributed by atoms with Gasteiger partial charge in [-0.15, -0.1) is 0 Å². The molecule has 0 saturated carbocycles. The molecule has 0 unspecified atom stereocenters. The molecule has 0 aliphatic carbocycles. The third kappa shape index (κ3) is 2.53. The van der Waals surface area contributed by atoms with Gasteiger partial charge in [0.05, 0.1) is 13.8 Å². The third-order valence-corrected chi connectivity index (χ3v) is 8.11. The fraction of sp³-hybridized carbons (Fsp3) is 0.100. The number of methoxy groups -OCH3 is 1. The van der Waals surface area contributed by atoms with Crippen molar-refractivity contribution in [1.82, 2.24) is 0 Å². The van der Waals surface area contributed by atoms with Crippen LogP contribution in [0.3, 0.4) is 0 Å². The van der Waals surface area contributed by atoms with Crippen LogP contribution in [0.2, 0.25) is 0 Å². The van der Waals surface area contributed by atoms with Gasteiger partial charge in [0.2, 0.25) is 0 Å². The second kappa shape index (κ2) is 6.34. The van der Waals surface area contributed by atoms with Crippen molar-refractivity contribution in [3.8, 4) is 5.75 Å². The highest BCUT2D eigenvalue weighted by Crippen LogP contribution is 2.53. The molecule has 0 amide bonds. The van der Waals surface area contributed by atoms with Crippen LogP contribution < -0.4 is 20.7 Å². The Hall–Kier alpha value is -2.11. The lowest BCUT2D eigenvalue weighted by Gasteiger charge is -2.24. The summed E-state index contributed by atoms with van der Waals surface area (Å²) in [6.07, 6.45) is 0. The average molecular weight is 307 g/mol. The number of hydrogen-bond donors (Lipinski definition) is 0. The molecular formula is C20H20OP+. The Balaban J connectivity index is 2.29. The summed E-state index contributed by atoms with van der Waals surface area (Å²) in [7, 11) is 0.0436. The second-order valence-corrected chi connectivity index (χ2v) is 8.88. The average Bonchev–Trinajstić information content (AvgIpc) is 2.62. The van der Waals surface area contributed by atoms with Crippen molar-refractivity contribution in [1.29, 1.82) is 0 Å². The van der Waals surface area contributed by atoms with E-state index in [9.17, 15) is 0 Å². The normalized spacial score (nSPS) is 11.2. The van der Waals surface area contributed by atoms with Crippen molar-refractivity contribution < 1.29 is 4.74 Å². The van der Waals surface area contributed by atoms with Gasteiger partial charge in [0.15, 0.2) is 5.75 Å². The molecule has 3 aromatic carbocycles. The molecule has 0 radical (unpaired) electrons. The maximum atomic E-state index is 5.66. The molecule has 0 fully saturated rings. The van der Waals surface area contributed by atoms with Gasteiger partial charge in [-0.25, -0.2) is 0 Å². The first-order valence-electron chi connectivity index (χ1n) is 7.38. The van der Waals surface area contributed by atoms with E-state index in [1.807, 2.05) is 6.07 Å². The first-order valence-corrected chi connectivity index (χ1v) is 9.62. The van der Waals surface area contributed by atoms with Crippen molar-refractivity contribution in [2.75, 3.05) is 13.8 Å². The molecule has 1 nitrogen and oxygen atoms in total. The minimum absolute atomic E-state index is 0.964. The minimum atomic E-state index is -1.71. The van der Waals surface area contributed by atoms with E-state index in [2.05, 4.69) is 85.5 Å². The van der Waals surface area contributed by atoms with E-state index in [1.165, 1.54) is 15.9 Å². The highest BCUT2D eigenvalue weighted by molar-refractivity contribution is 7.95. The lowest BCUT2D eigenvalue weighted by atomic mass is 10.3. The Morgan fingerprint density at radius 3 is 1.59 bits per heavy atom. The van der Waals surface area contributed by atoms with Gasteiger partial charge in [-0.05, 0) is 36.4 Å². The SMILES string of the molecule is COc1ccccc1[P+](C)(c1ccccc1)c1ccccc1. The summed E-state index contributed by atoms with van der Waals surface area (Å²) in [6, 6.07) is 29.9. The summed E-state index contributed by atoms with van der Waals surface area (Å²) >= 11 is 0. The van der Waals surface area contributed by atoms with Crippen molar-refractivity contribution in [2.24, 2.45) is 0 Å². The molecule has 0 bridgehead atoms. The van der Waals surface area contributed by atoms with Gasteiger partial charge in [0, 0.05) is 0 Å². The summed E-state index contributed by atoms with van der Waals surface area (Å²) in [4.78, 5) is 0. The fourth-order valence-electron chi connectivity index (χ4n) is 2.88. The molecule has 0 spiro atoms. The molecule has 110 valence electrons. The molecule has 0 atom stereocenters. The molecule has 0 heterocycles. The Kier molecular flexibility index (Phi) is 4.27. The largest absolute Gasteiger partial charge is 0.493 e. The van der Waals surface area contributed by atoms with Crippen LogP contribution in [0.25, 0.3) is 0 Å². The molecule has 22 heavy (non-hydrogen) atoms. The predicted octanol–water partition coefficient (Wildman–Crippen LogP) is 3.62. The molecular weight excluding hydrogens is 287 g/mol. The number of benzene rings is 3. The lowest BCUT2D eigenvalue weighted by Crippen LogP contribution is -2.31. The van der Waals surface area contributed by atoms with Crippen molar-refractivity contribution >= 4 is 23.2 Å². The molecule has 0 N–H and O–H groups in total. The van der Waals surface area contributed by atoms with Crippen LogP contribution >= 0.6 is 7.26 Å². The summed E-state index contributed by atoms with van der Waals surface area (Å²) in [5.74, 6) is 0.964. The number of ether oxygens (including phenoxy) is 1. The zero-order valence-corrected chi connectivity index (χ0v) is 13.8. The van der Waals surface area contributed by atoms with Crippen molar-refractivity contribution in [3.63, 3.8) is 0 Å². The Labute approximate surface area is 132 Å². The standard InChI is InChI=1S/C20H20OP/c1-21-19-15-9-10-16-20(19)22(2,17-11-5-3-6-12-17)18-13-7-4-8-14-18/h3-16H,1-2H3/q+1. The van der Waals surface area contributed by atoms with Gasteiger partial charge in [0.25, 0.3) is 0 Å². The number of hydrogen-bond acceptors (Lipinski definition) is 1. The fourth-order valence-corrected chi connectivity index (χ4v) is 6.26. The van der Waals surface area contributed by atoms with E-state index in [0.29, 0.717) is 0 Å². The topological polar surface area (TPSA) is 9.23 Å². The number of para-hydroxylation sites is 1. The predicted molar refractivity (Wildman–Crippen MR) is 97.6 cm³/mol. The highest BCUT2D eigenvalue weighted by atomic mass is 31.2. The Morgan fingerprint density at radius 1 is 0.636 bits per heavy atom. The first-order chi connectivity index (χ1) is 10.8. The minimum Gasteiger partial charge on any atom is -0.493 e. The Bertz CT molecular complexity index is 698. The summed E-state index contributed by atoms with van der Waals surface area (Å²) in [5.41, 5.74) is 0. The van der Waals surface area contributed by atoms with E-state index < -0.39 is 7.26 Å². The van der Waals surface area contributed by atoms with Crippen LogP contribution in [0, 0.1) is 0 Å². The second-order valence-electron chi connectivity index (χ2n) is 5.35. The maximum absolute atomic E-state index is 5.66. The zero-order valence-electron chi connectivity index (χ0n) is 12.9. The first kappa shape index (κ1) is 14.8. The van der Waals surface area contributed by atoms with E-state index in [1.54, 1.807) is 7.11 Å². The van der Waals surface area contributed by atoms with E-state index in [-0.39, 0.29) is 0 Å². The van der Waals surface area contributed by atoms with Gasteiger partial charge >= 0.3 is 0 Å². The molecule has 0 aliphatic rings. The van der Waals surface area contributed by atoms with Gasteiger partial charge in [-0.3, -0.25) is 0 Å². The van der Waals surface area contributed by atoms with Gasteiger partial charge in [-0.1, -0.05) is 48.5 Å². The monoisotopic (exact) mass is 307 g/mol. The van der Waals surface area contributed by atoms with Crippen LogP contribution in [0.1, 0.15) is 0 Å². The maximum Gasteiger partial charge on any atom is 0.161 e.